The molecule has 0 aliphatic heterocycles. The summed E-state index contributed by atoms with van der Waals surface area (Å²) in [6.07, 6.45) is 7.38. The molecule has 2 aromatic carbocycles. The van der Waals surface area contributed by atoms with E-state index in [2.05, 4.69) is 93.4 Å². The third kappa shape index (κ3) is 5.09. The Morgan fingerprint density at radius 2 is 1.48 bits per heavy atom. The van der Waals surface area contributed by atoms with E-state index in [1.165, 1.54) is 16.9 Å². The Bertz CT molecular complexity index is 666. The molecule has 0 N–H and O–H groups in total. The zero-order valence-electron chi connectivity index (χ0n) is 15.9. The van der Waals surface area contributed by atoms with Crippen molar-refractivity contribution in [2.75, 3.05) is 4.90 Å². The van der Waals surface area contributed by atoms with Crippen LogP contribution in [0.2, 0.25) is 0 Å². The molecule has 0 spiro atoms. The Labute approximate surface area is 153 Å². The van der Waals surface area contributed by atoms with Crippen molar-refractivity contribution in [2.45, 2.75) is 46.1 Å². The van der Waals surface area contributed by atoms with Gasteiger partial charge in [0, 0.05) is 17.4 Å². The first-order chi connectivity index (χ1) is 12.1. The van der Waals surface area contributed by atoms with Crippen LogP contribution in [0.1, 0.15) is 44.2 Å². The third-order valence-electron chi connectivity index (χ3n) is 4.91. The SMILES string of the molecule is C=Cc1ccc(N(c2ccc(C)cc2)C(CC)CCC(C)C=C)cc1. The Morgan fingerprint density at radius 1 is 0.920 bits per heavy atom. The zero-order valence-corrected chi connectivity index (χ0v) is 15.9. The summed E-state index contributed by atoms with van der Waals surface area (Å²) in [6.45, 7) is 14.5. The van der Waals surface area contributed by atoms with Crippen LogP contribution in [0.25, 0.3) is 6.08 Å². The Kier molecular flexibility index (Phi) is 7.06. The molecule has 25 heavy (non-hydrogen) atoms. The lowest BCUT2D eigenvalue weighted by Gasteiger charge is -2.34. The van der Waals surface area contributed by atoms with Gasteiger partial charge in [0.15, 0.2) is 0 Å². The van der Waals surface area contributed by atoms with Gasteiger partial charge >= 0.3 is 0 Å². The van der Waals surface area contributed by atoms with Gasteiger partial charge in [0.1, 0.15) is 0 Å². The van der Waals surface area contributed by atoms with Gasteiger partial charge in [0.25, 0.3) is 0 Å². The quantitative estimate of drug-likeness (QED) is 0.440. The average molecular weight is 334 g/mol. The summed E-state index contributed by atoms with van der Waals surface area (Å²) in [6, 6.07) is 18.0. The lowest BCUT2D eigenvalue weighted by molar-refractivity contribution is 0.509. The van der Waals surface area contributed by atoms with Crippen molar-refractivity contribution >= 4 is 17.5 Å². The highest BCUT2D eigenvalue weighted by Crippen LogP contribution is 2.32. The summed E-state index contributed by atoms with van der Waals surface area (Å²) in [7, 11) is 0. The third-order valence-corrected chi connectivity index (χ3v) is 4.91. The fraction of sp³-hybridized carbons (Fsp3) is 0.333. The molecule has 2 atom stereocenters. The van der Waals surface area contributed by atoms with Crippen molar-refractivity contribution < 1.29 is 0 Å². The molecule has 1 heteroatoms. The van der Waals surface area contributed by atoms with Crippen molar-refractivity contribution in [1.29, 1.82) is 0 Å². The molecule has 0 aromatic heterocycles. The highest BCUT2D eigenvalue weighted by atomic mass is 15.2. The predicted octanol–water partition coefficient (Wildman–Crippen LogP) is 7.16. The van der Waals surface area contributed by atoms with Crippen LogP contribution in [-0.4, -0.2) is 6.04 Å². The number of hydrogen-bond donors (Lipinski definition) is 0. The summed E-state index contributed by atoms with van der Waals surface area (Å²) < 4.78 is 0. The lowest BCUT2D eigenvalue weighted by atomic mass is 9.98. The number of anilines is 2. The van der Waals surface area contributed by atoms with Crippen LogP contribution in [0.3, 0.4) is 0 Å². The normalized spacial score (nSPS) is 13.1. The molecule has 0 fully saturated rings. The van der Waals surface area contributed by atoms with Crippen molar-refractivity contribution in [3.05, 3.63) is 78.9 Å². The summed E-state index contributed by atoms with van der Waals surface area (Å²) >= 11 is 0. The predicted molar refractivity (Wildman–Crippen MR) is 113 cm³/mol. The second-order valence-electron chi connectivity index (χ2n) is 6.85. The van der Waals surface area contributed by atoms with Gasteiger partial charge in [-0.1, -0.05) is 62.4 Å². The van der Waals surface area contributed by atoms with Gasteiger partial charge in [-0.2, -0.15) is 0 Å². The van der Waals surface area contributed by atoms with Crippen LogP contribution in [-0.2, 0) is 0 Å². The molecule has 2 rings (SSSR count). The number of rotatable bonds is 9. The molecular formula is C24H31N. The molecule has 2 aromatic rings. The molecule has 0 heterocycles. The molecule has 132 valence electrons. The van der Waals surface area contributed by atoms with Gasteiger partial charge in [0.05, 0.1) is 0 Å². The largest absolute Gasteiger partial charge is 0.338 e. The molecule has 0 saturated heterocycles. The van der Waals surface area contributed by atoms with Crippen molar-refractivity contribution in [2.24, 2.45) is 5.92 Å². The Morgan fingerprint density at radius 3 is 1.96 bits per heavy atom. The van der Waals surface area contributed by atoms with Crippen molar-refractivity contribution in [3.63, 3.8) is 0 Å². The van der Waals surface area contributed by atoms with Crippen LogP contribution < -0.4 is 4.90 Å². The van der Waals surface area contributed by atoms with Crippen LogP contribution in [0.15, 0.2) is 67.8 Å². The summed E-state index contributed by atoms with van der Waals surface area (Å²) in [5.41, 5.74) is 4.95. The standard InChI is InChI=1S/C24H31N/c1-6-19(4)9-14-22(8-3)25(23-15-10-20(5)11-16-23)24-17-12-21(7-2)13-18-24/h6-7,10-13,15-19,22H,1-2,8-9,14H2,3-5H3. The molecule has 0 saturated carbocycles. The first-order valence-corrected chi connectivity index (χ1v) is 9.30. The second kappa shape index (κ2) is 9.27. The smallest absolute Gasteiger partial charge is 0.0413 e. The van der Waals surface area contributed by atoms with Crippen molar-refractivity contribution in [1.82, 2.24) is 0 Å². The lowest BCUT2D eigenvalue weighted by Crippen LogP contribution is -2.31. The Hall–Kier alpha value is -2.28. The number of hydrogen-bond acceptors (Lipinski definition) is 1. The van der Waals surface area contributed by atoms with Crippen LogP contribution in [0.5, 0.6) is 0 Å². The second-order valence-corrected chi connectivity index (χ2v) is 6.85. The van der Waals surface area contributed by atoms with Crippen LogP contribution in [0, 0.1) is 12.8 Å². The van der Waals surface area contributed by atoms with Gasteiger partial charge in [-0.3, -0.25) is 0 Å². The van der Waals surface area contributed by atoms with Crippen LogP contribution in [0.4, 0.5) is 11.4 Å². The molecule has 0 amide bonds. The minimum absolute atomic E-state index is 0.472. The van der Waals surface area contributed by atoms with Crippen molar-refractivity contribution in [3.8, 4) is 0 Å². The van der Waals surface area contributed by atoms with E-state index in [9.17, 15) is 0 Å². The topological polar surface area (TPSA) is 3.24 Å². The van der Waals surface area contributed by atoms with E-state index in [-0.39, 0.29) is 0 Å². The van der Waals surface area contributed by atoms with E-state index >= 15 is 0 Å². The van der Waals surface area contributed by atoms with E-state index in [1.54, 1.807) is 0 Å². The molecular weight excluding hydrogens is 302 g/mol. The molecule has 0 bridgehead atoms. The van der Waals surface area contributed by atoms with E-state index < -0.39 is 0 Å². The summed E-state index contributed by atoms with van der Waals surface area (Å²) in [5, 5.41) is 0. The maximum absolute atomic E-state index is 3.93. The highest BCUT2D eigenvalue weighted by molar-refractivity contribution is 5.66. The minimum atomic E-state index is 0.472. The number of nitrogens with zero attached hydrogens (tertiary/aromatic N) is 1. The average Bonchev–Trinajstić information content (AvgIpc) is 2.66. The van der Waals surface area contributed by atoms with E-state index in [4.69, 9.17) is 0 Å². The first kappa shape index (κ1) is 19.1. The number of allylic oxidation sites excluding steroid dienone is 1. The number of benzene rings is 2. The maximum atomic E-state index is 3.93. The maximum Gasteiger partial charge on any atom is 0.0413 e. The van der Waals surface area contributed by atoms with Gasteiger partial charge in [0.2, 0.25) is 0 Å². The summed E-state index contributed by atoms with van der Waals surface area (Å²) in [5.74, 6) is 0.553. The van der Waals surface area contributed by atoms with E-state index in [0.717, 1.165) is 24.8 Å². The van der Waals surface area contributed by atoms with Gasteiger partial charge in [-0.05, 0) is 61.9 Å². The van der Waals surface area contributed by atoms with Crippen LogP contribution >= 0.6 is 0 Å². The first-order valence-electron chi connectivity index (χ1n) is 9.30. The van der Waals surface area contributed by atoms with Gasteiger partial charge < -0.3 is 4.90 Å². The zero-order chi connectivity index (χ0) is 18.2. The number of aryl methyl sites for hydroxylation is 1. The molecule has 1 nitrogen and oxygen atoms in total. The van der Waals surface area contributed by atoms with E-state index in [1.807, 2.05) is 6.08 Å². The molecule has 0 radical (unpaired) electrons. The summed E-state index contributed by atoms with van der Waals surface area (Å²) in [4.78, 5) is 2.49. The minimum Gasteiger partial charge on any atom is -0.338 e. The fourth-order valence-electron chi connectivity index (χ4n) is 3.14. The molecule has 2 unspecified atom stereocenters. The highest BCUT2D eigenvalue weighted by Gasteiger charge is 2.19. The van der Waals surface area contributed by atoms with Gasteiger partial charge in [-0.25, -0.2) is 0 Å². The van der Waals surface area contributed by atoms with E-state index in [0.29, 0.717) is 12.0 Å². The molecule has 0 aliphatic carbocycles. The molecule has 0 aliphatic rings. The van der Waals surface area contributed by atoms with Gasteiger partial charge in [-0.15, -0.1) is 6.58 Å². The fourth-order valence-corrected chi connectivity index (χ4v) is 3.14. The Balaban J connectivity index is 2.36. The monoisotopic (exact) mass is 333 g/mol.